The van der Waals surface area contributed by atoms with Crippen molar-refractivity contribution >= 4 is 17.2 Å². The van der Waals surface area contributed by atoms with Crippen molar-refractivity contribution in [2.75, 3.05) is 0 Å². The number of amides is 1. The average molecular weight is 302 g/mol. The first-order valence-corrected chi connectivity index (χ1v) is 7.94. The summed E-state index contributed by atoms with van der Waals surface area (Å²) in [6, 6.07) is 6.47. The van der Waals surface area contributed by atoms with Crippen LogP contribution in [0.4, 0.5) is 0 Å². The maximum absolute atomic E-state index is 11.9. The van der Waals surface area contributed by atoms with Gasteiger partial charge in [0.15, 0.2) is 0 Å². The van der Waals surface area contributed by atoms with Crippen molar-refractivity contribution in [3.05, 3.63) is 45.4 Å². The number of aryl methyl sites for hydroxylation is 2. The van der Waals surface area contributed by atoms with Crippen molar-refractivity contribution in [1.82, 2.24) is 10.3 Å². The van der Waals surface area contributed by atoms with Crippen LogP contribution in [0.5, 0.6) is 5.75 Å². The van der Waals surface area contributed by atoms with E-state index >= 15 is 0 Å². The fourth-order valence-electron chi connectivity index (χ4n) is 2.13. The highest BCUT2D eigenvalue weighted by molar-refractivity contribution is 7.09. The van der Waals surface area contributed by atoms with Gasteiger partial charge in [-0.25, -0.2) is 4.98 Å². The standard InChI is InChI=1S/C16H18N2O2S/c1-10-5-11(2)7-13(6-10)20-8-15-18-14(9-21-15)16(19)17-12-3-4-12/h5-7,9,12H,3-4,8H2,1-2H3,(H,17,19). The van der Waals surface area contributed by atoms with Gasteiger partial charge in [-0.2, -0.15) is 0 Å². The molecule has 0 bridgehead atoms. The first-order chi connectivity index (χ1) is 10.1. The van der Waals surface area contributed by atoms with E-state index in [1.165, 1.54) is 22.5 Å². The summed E-state index contributed by atoms with van der Waals surface area (Å²) in [6.45, 7) is 4.48. The second-order valence-electron chi connectivity index (χ2n) is 5.49. The van der Waals surface area contributed by atoms with Gasteiger partial charge >= 0.3 is 0 Å². The van der Waals surface area contributed by atoms with Crippen LogP contribution in [-0.4, -0.2) is 16.9 Å². The molecule has 3 rings (SSSR count). The van der Waals surface area contributed by atoms with Crippen LogP contribution >= 0.6 is 11.3 Å². The Morgan fingerprint density at radius 3 is 2.71 bits per heavy atom. The molecule has 1 amide bonds. The third kappa shape index (κ3) is 3.82. The molecule has 1 heterocycles. The van der Waals surface area contributed by atoms with Crippen molar-refractivity contribution in [2.24, 2.45) is 0 Å². The number of carbonyl (C=O) groups excluding carboxylic acids is 1. The smallest absolute Gasteiger partial charge is 0.270 e. The van der Waals surface area contributed by atoms with Gasteiger partial charge in [0.05, 0.1) is 0 Å². The number of nitrogens with zero attached hydrogens (tertiary/aromatic N) is 1. The van der Waals surface area contributed by atoms with Gasteiger partial charge in [-0.05, 0) is 49.9 Å². The largest absolute Gasteiger partial charge is 0.486 e. The van der Waals surface area contributed by atoms with Crippen LogP contribution in [0, 0.1) is 13.8 Å². The molecule has 1 aliphatic carbocycles. The van der Waals surface area contributed by atoms with Crippen molar-refractivity contribution in [2.45, 2.75) is 39.3 Å². The highest BCUT2D eigenvalue weighted by atomic mass is 32.1. The Morgan fingerprint density at radius 1 is 1.33 bits per heavy atom. The summed E-state index contributed by atoms with van der Waals surface area (Å²) in [5.74, 6) is 0.762. The number of hydrogen-bond donors (Lipinski definition) is 1. The van der Waals surface area contributed by atoms with E-state index in [1.54, 1.807) is 5.38 Å². The lowest BCUT2D eigenvalue weighted by atomic mass is 10.1. The van der Waals surface area contributed by atoms with Crippen LogP contribution in [0.15, 0.2) is 23.6 Å². The van der Waals surface area contributed by atoms with Crippen molar-refractivity contribution in [3.8, 4) is 5.75 Å². The third-order valence-corrected chi connectivity index (χ3v) is 4.08. The molecule has 1 aromatic carbocycles. The molecule has 1 aliphatic rings. The molecule has 4 nitrogen and oxygen atoms in total. The number of aromatic nitrogens is 1. The molecular weight excluding hydrogens is 284 g/mol. The van der Waals surface area contributed by atoms with E-state index in [0.29, 0.717) is 18.3 Å². The van der Waals surface area contributed by atoms with Gasteiger partial charge in [-0.15, -0.1) is 11.3 Å². The molecule has 1 saturated carbocycles. The average Bonchev–Trinajstić information content (AvgIpc) is 3.10. The maximum Gasteiger partial charge on any atom is 0.270 e. The number of carbonyl (C=O) groups is 1. The molecule has 21 heavy (non-hydrogen) atoms. The molecule has 0 radical (unpaired) electrons. The molecule has 1 N–H and O–H groups in total. The molecule has 0 spiro atoms. The van der Waals surface area contributed by atoms with Gasteiger partial charge in [0.25, 0.3) is 5.91 Å². The summed E-state index contributed by atoms with van der Waals surface area (Å²) in [5, 5.41) is 5.54. The van der Waals surface area contributed by atoms with E-state index in [2.05, 4.69) is 16.4 Å². The lowest BCUT2D eigenvalue weighted by Gasteiger charge is -2.06. The van der Waals surface area contributed by atoms with Gasteiger partial charge in [-0.1, -0.05) is 6.07 Å². The van der Waals surface area contributed by atoms with Gasteiger partial charge in [0, 0.05) is 11.4 Å². The summed E-state index contributed by atoms with van der Waals surface area (Å²) in [7, 11) is 0. The van der Waals surface area contributed by atoms with E-state index in [4.69, 9.17) is 4.74 Å². The lowest BCUT2D eigenvalue weighted by Crippen LogP contribution is -2.25. The Hall–Kier alpha value is -1.88. The maximum atomic E-state index is 11.9. The normalized spacial score (nSPS) is 14.0. The van der Waals surface area contributed by atoms with E-state index in [1.807, 2.05) is 26.0 Å². The highest BCUT2D eigenvalue weighted by Crippen LogP contribution is 2.21. The van der Waals surface area contributed by atoms with E-state index in [9.17, 15) is 4.79 Å². The number of thiazole rings is 1. The Kier molecular flexibility index (Phi) is 3.92. The van der Waals surface area contributed by atoms with Crippen LogP contribution in [0.2, 0.25) is 0 Å². The van der Waals surface area contributed by atoms with Gasteiger partial charge in [-0.3, -0.25) is 4.79 Å². The fourth-order valence-corrected chi connectivity index (χ4v) is 2.82. The fraction of sp³-hybridized carbons (Fsp3) is 0.375. The van der Waals surface area contributed by atoms with Gasteiger partial charge in [0.1, 0.15) is 23.1 Å². The summed E-state index contributed by atoms with van der Waals surface area (Å²) in [6.07, 6.45) is 2.16. The van der Waals surface area contributed by atoms with Crippen molar-refractivity contribution in [1.29, 1.82) is 0 Å². The minimum atomic E-state index is -0.0774. The minimum absolute atomic E-state index is 0.0774. The zero-order valence-electron chi connectivity index (χ0n) is 12.2. The number of rotatable bonds is 5. The number of ether oxygens (including phenoxy) is 1. The SMILES string of the molecule is Cc1cc(C)cc(OCc2nc(C(=O)NC3CC3)cs2)c1. The monoisotopic (exact) mass is 302 g/mol. The Bertz CT molecular complexity index is 642. The van der Waals surface area contributed by atoms with Crippen molar-refractivity contribution < 1.29 is 9.53 Å². The molecule has 0 atom stereocenters. The molecule has 5 heteroatoms. The van der Waals surface area contributed by atoms with Crippen LogP contribution in [0.1, 0.15) is 39.5 Å². The van der Waals surface area contributed by atoms with Crippen LogP contribution < -0.4 is 10.1 Å². The second-order valence-corrected chi connectivity index (χ2v) is 6.43. The summed E-state index contributed by atoms with van der Waals surface area (Å²) >= 11 is 1.46. The zero-order valence-corrected chi connectivity index (χ0v) is 13.0. The van der Waals surface area contributed by atoms with Crippen LogP contribution in [-0.2, 0) is 6.61 Å². The molecule has 0 aliphatic heterocycles. The number of nitrogens with one attached hydrogen (secondary N) is 1. The Balaban J connectivity index is 1.60. The highest BCUT2D eigenvalue weighted by Gasteiger charge is 2.24. The van der Waals surface area contributed by atoms with E-state index in [0.717, 1.165) is 23.6 Å². The third-order valence-electron chi connectivity index (χ3n) is 3.25. The summed E-state index contributed by atoms with van der Waals surface area (Å²) < 4.78 is 5.76. The topological polar surface area (TPSA) is 51.2 Å². The number of hydrogen-bond acceptors (Lipinski definition) is 4. The number of benzene rings is 1. The molecule has 0 unspecified atom stereocenters. The predicted octanol–water partition coefficient (Wildman–Crippen LogP) is 3.23. The Labute approximate surface area is 128 Å². The van der Waals surface area contributed by atoms with Gasteiger partial charge in [0.2, 0.25) is 0 Å². The van der Waals surface area contributed by atoms with Crippen LogP contribution in [0.25, 0.3) is 0 Å². The minimum Gasteiger partial charge on any atom is -0.486 e. The molecule has 110 valence electrons. The second kappa shape index (κ2) is 5.85. The molecule has 0 saturated heterocycles. The van der Waals surface area contributed by atoms with Crippen LogP contribution in [0.3, 0.4) is 0 Å². The van der Waals surface area contributed by atoms with E-state index < -0.39 is 0 Å². The summed E-state index contributed by atoms with van der Waals surface area (Å²) in [4.78, 5) is 16.2. The molecule has 2 aromatic rings. The lowest BCUT2D eigenvalue weighted by molar-refractivity contribution is 0.0946. The van der Waals surface area contributed by atoms with E-state index in [-0.39, 0.29) is 5.91 Å². The summed E-state index contributed by atoms with van der Waals surface area (Å²) in [5.41, 5.74) is 2.84. The first-order valence-electron chi connectivity index (χ1n) is 7.06. The first kappa shape index (κ1) is 14.1. The molecule has 1 fully saturated rings. The Morgan fingerprint density at radius 2 is 2.05 bits per heavy atom. The van der Waals surface area contributed by atoms with Gasteiger partial charge < -0.3 is 10.1 Å². The molecular formula is C16H18N2O2S. The van der Waals surface area contributed by atoms with Crippen molar-refractivity contribution in [3.63, 3.8) is 0 Å². The zero-order chi connectivity index (χ0) is 14.8. The molecule has 1 aromatic heterocycles. The predicted molar refractivity (Wildman–Crippen MR) is 82.9 cm³/mol. The quantitative estimate of drug-likeness (QED) is 0.922.